The Kier molecular flexibility index (Phi) is 6.32. The van der Waals surface area contributed by atoms with Crippen LogP contribution in [0.2, 0.25) is 0 Å². The highest BCUT2D eigenvalue weighted by atomic mass is 16.5. The highest BCUT2D eigenvalue weighted by Gasteiger charge is 2.30. The highest BCUT2D eigenvalue weighted by Crippen LogP contribution is 2.37. The lowest BCUT2D eigenvalue weighted by atomic mass is 9.86. The molecule has 1 heterocycles. The monoisotopic (exact) mass is 421 g/mol. The summed E-state index contributed by atoms with van der Waals surface area (Å²) in [6, 6.07) is 14.7. The fourth-order valence-electron chi connectivity index (χ4n) is 4.29. The van der Waals surface area contributed by atoms with E-state index >= 15 is 0 Å². The lowest BCUT2D eigenvalue weighted by Gasteiger charge is -2.29. The number of hydrogen-bond donors (Lipinski definition) is 2. The Morgan fingerprint density at radius 2 is 1.87 bits per heavy atom. The number of ether oxygens (including phenoxy) is 1. The molecule has 1 saturated carbocycles. The van der Waals surface area contributed by atoms with Gasteiger partial charge >= 0.3 is 5.97 Å². The summed E-state index contributed by atoms with van der Waals surface area (Å²) in [4.78, 5) is 29.6. The van der Waals surface area contributed by atoms with E-state index in [4.69, 9.17) is 4.74 Å². The first-order valence-electron chi connectivity index (χ1n) is 10.8. The second kappa shape index (κ2) is 9.31. The Hall–Kier alpha value is -3.19. The normalized spacial score (nSPS) is 18.6. The number of benzene rings is 2. The molecule has 0 spiro atoms. The first-order valence-corrected chi connectivity index (χ1v) is 10.8. The van der Waals surface area contributed by atoms with Gasteiger partial charge in [-0.1, -0.05) is 24.3 Å². The number of nitrogens with one attached hydrogen (secondary N) is 1. The zero-order valence-electron chi connectivity index (χ0n) is 17.6. The lowest BCUT2D eigenvalue weighted by molar-refractivity contribution is -0.149. The summed E-state index contributed by atoms with van der Waals surface area (Å²) in [6.07, 6.45) is 3.03. The summed E-state index contributed by atoms with van der Waals surface area (Å²) in [5, 5.41) is 12.6. The Morgan fingerprint density at radius 3 is 2.55 bits per heavy atom. The summed E-state index contributed by atoms with van der Waals surface area (Å²) in [5.74, 6) is 0.0521. The van der Waals surface area contributed by atoms with Gasteiger partial charge in [-0.3, -0.25) is 14.9 Å². The number of hydrogen-bond acceptors (Lipinski definition) is 5. The van der Waals surface area contributed by atoms with Crippen molar-refractivity contribution in [2.75, 3.05) is 11.9 Å². The van der Waals surface area contributed by atoms with E-state index in [1.54, 1.807) is 12.1 Å². The van der Waals surface area contributed by atoms with Crippen molar-refractivity contribution in [1.82, 2.24) is 9.55 Å². The van der Waals surface area contributed by atoms with Crippen molar-refractivity contribution < 1.29 is 19.4 Å². The van der Waals surface area contributed by atoms with Gasteiger partial charge in [-0.05, 0) is 62.4 Å². The molecule has 0 unspecified atom stereocenters. The van der Waals surface area contributed by atoms with E-state index in [0.29, 0.717) is 18.1 Å². The van der Waals surface area contributed by atoms with Gasteiger partial charge in [0.2, 0.25) is 5.95 Å². The number of imidazole rings is 1. The van der Waals surface area contributed by atoms with Crippen molar-refractivity contribution in [2.45, 2.75) is 45.3 Å². The molecule has 31 heavy (non-hydrogen) atoms. The van der Waals surface area contributed by atoms with Crippen LogP contribution >= 0.6 is 0 Å². The summed E-state index contributed by atoms with van der Waals surface area (Å²) in [7, 11) is 0. The van der Waals surface area contributed by atoms with Crippen molar-refractivity contribution in [2.24, 2.45) is 5.92 Å². The molecule has 0 saturated heterocycles. The predicted molar refractivity (Wildman–Crippen MR) is 118 cm³/mol. The van der Waals surface area contributed by atoms with Crippen molar-refractivity contribution in [3.8, 4) is 0 Å². The van der Waals surface area contributed by atoms with Crippen LogP contribution in [0.4, 0.5) is 5.95 Å². The van der Waals surface area contributed by atoms with Gasteiger partial charge in [0, 0.05) is 11.6 Å². The zero-order valence-corrected chi connectivity index (χ0v) is 17.6. The second-order valence-electron chi connectivity index (χ2n) is 7.86. The van der Waals surface area contributed by atoms with Crippen LogP contribution in [-0.4, -0.2) is 33.1 Å². The molecule has 1 aliphatic rings. The largest absolute Gasteiger partial charge is 0.466 e. The van der Waals surface area contributed by atoms with Crippen LogP contribution in [0.25, 0.3) is 11.0 Å². The SMILES string of the molecule is CCOC(=O)C1CCC(n2c(NC(=O)c3ccccc3)nc3ccc(CO)cc32)CC1. The molecule has 0 radical (unpaired) electrons. The van der Waals surface area contributed by atoms with Crippen LogP contribution < -0.4 is 5.32 Å². The lowest BCUT2D eigenvalue weighted by Crippen LogP contribution is -2.26. The number of anilines is 1. The summed E-state index contributed by atoms with van der Waals surface area (Å²) >= 11 is 0. The van der Waals surface area contributed by atoms with Gasteiger partial charge in [0.25, 0.3) is 5.91 Å². The molecule has 2 N–H and O–H groups in total. The van der Waals surface area contributed by atoms with Crippen LogP contribution in [0.1, 0.15) is 54.6 Å². The number of amides is 1. The Balaban J connectivity index is 1.65. The van der Waals surface area contributed by atoms with Crippen molar-refractivity contribution >= 4 is 28.9 Å². The summed E-state index contributed by atoms with van der Waals surface area (Å²) < 4.78 is 7.24. The molecule has 1 fully saturated rings. The first-order chi connectivity index (χ1) is 15.1. The Labute approximate surface area is 181 Å². The molecule has 7 heteroatoms. The molecule has 1 aliphatic carbocycles. The van der Waals surface area contributed by atoms with Gasteiger partial charge in [0.1, 0.15) is 0 Å². The maximum Gasteiger partial charge on any atom is 0.308 e. The molecule has 162 valence electrons. The van der Waals surface area contributed by atoms with Crippen molar-refractivity contribution in [1.29, 1.82) is 0 Å². The quantitative estimate of drug-likeness (QED) is 0.585. The third-order valence-corrected chi connectivity index (χ3v) is 5.88. The maximum atomic E-state index is 12.8. The number of esters is 1. The van der Waals surface area contributed by atoms with E-state index in [1.165, 1.54) is 0 Å². The predicted octanol–water partition coefficient (Wildman–Crippen LogP) is 4.08. The molecular weight excluding hydrogens is 394 g/mol. The average molecular weight is 421 g/mol. The van der Waals surface area contributed by atoms with Crippen LogP contribution in [0, 0.1) is 5.92 Å². The number of nitrogens with zero attached hydrogens (tertiary/aromatic N) is 2. The van der Waals surface area contributed by atoms with E-state index in [-0.39, 0.29) is 30.4 Å². The third-order valence-electron chi connectivity index (χ3n) is 5.88. The highest BCUT2D eigenvalue weighted by molar-refractivity contribution is 6.04. The zero-order chi connectivity index (χ0) is 21.8. The van der Waals surface area contributed by atoms with Crippen molar-refractivity contribution in [3.63, 3.8) is 0 Å². The number of carbonyl (C=O) groups excluding carboxylic acids is 2. The maximum absolute atomic E-state index is 12.8. The number of aliphatic hydroxyl groups excluding tert-OH is 1. The number of carbonyl (C=O) groups is 2. The fraction of sp³-hybridized carbons (Fsp3) is 0.375. The van der Waals surface area contributed by atoms with E-state index in [1.807, 2.05) is 43.3 Å². The number of fused-ring (bicyclic) bond motifs is 1. The van der Waals surface area contributed by atoms with Gasteiger partial charge < -0.3 is 14.4 Å². The smallest absolute Gasteiger partial charge is 0.308 e. The molecule has 7 nitrogen and oxygen atoms in total. The van der Waals surface area contributed by atoms with Crippen LogP contribution in [-0.2, 0) is 16.1 Å². The molecule has 0 aliphatic heterocycles. The van der Waals surface area contributed by atoms with Gasteiger partial charge in [-0.15, -0.1) is 0 Å². The van der Waals surface area contributed by atoms with Crippen molar-refractivity contribution in [3.05, 3.63) is 59.7 Å². The third kappa shape index (κ3) is 4.46. The van der Waals surface area contributed by atoms with E-state index < -0.39 is 0 Å². The van der Waals surface area contributed by atoms with Crippen LogP contribution in [0.15, 0.2) is 48.5 Å². The van der Waals surface area contributed by atoms with Crippen LogP contribution in [0.5, 0.6) is 0 Å². The number of aromatic nitrogens is 2. The van der Waals surface area contributed by atoms with E-state index in [9.17, 15) is 14.7 Å². The molecule has 0 bridgehead atoms. The molecule has 3 aromatic rings. The standard InChI is InChI=1S/C24H27N3O4/c1-2-31-23(30)18-9-11-19(12-10-18)27-21-14-16(15-28)8-13-20(21)25-24(27)26-22(29)17-6-4-3-5-7-17/h3-8,13-14,18-19,28H,2,9-12,15H2,1H3,(H,25,26,29). The number of aliphatic hydroxyl groups is 1. The molecule has 2 aromatic carbocycles. The molecular formula is C24H27N3O4. The van der Waals surface area contributed by atoms with Crippen LogP contribution in [0.3, 0.4) is 0 Å². The minimum absolute atomic E-state index is 0.0670. The van der Waals surface area contributed by atoms with E-state index in [0.717, 1.165) is 42.3 Å². The van der Waals surface area contributed by atoms with Gasteiger partial charge in [0.05, 0.1) is 30.2 Å². The average Bonchev–Trinajstić information content (AvgIpc) is 3.16. The van der Waals surface area contributed by atoms with Gasteiger partial charge in [0.15, 0.2) is 0 Å². The van der Waals surface area contributed by atoms with Gasteiger partial charge in [-0.25, -0.2) is 4.98 Å². The molecule has 4 rings (SSSR count). The molecule has 1 amide bonds. The fourth-order valence-corrected chi connectivity index (χ4v) is 4.29. The van der Waals surface area contributed by atoms with E-state index in [2.05, 4.69) is 14.9 Å². The summed E-state index contributed by atoms with van der Waals surface area (Å²) in [6.45, 7) is 2.15. The topological polar surface area (TPSA) is 93.5 Å². The first kappa shape index (κ1) is 21.1. The minimum Gasteiger partial charge on any atom is -0.466 e. The molecule has 0 atom stereocenters. The minimum atomic E-state index is -0.222. The van der Waals surface area contributed by atoms with Gasteiger partial charge in [-0.2, -0.15) is 0 Å². The summed E-state index contributed by atoms with van der Waals surface area (Å²) in [5.41, 5.74) is 2.97. The second-order valence-corrected chi connectivity index (χ2v) is 7.86. The number of rotatable bonds is 6. The Morgan fingerprint density at radius 1 is 1.13 bits per heavy atom. The molecule has 1 aromatic heterocycles. The Bertz CT molecular complexity index is 1070.